The SMILES string of the molecule is CC1(NS(=O)(=O)c2ccc(CN)c(Cl)c2)CC1. The van der Waals surface area contributed by atoms with Crippen molar-refractivity contribution in [1.29, 1.82) is 0 Å². The Bertz CT molecular complexity index is 538. The van der Waals surface area contributed by atoms with Crippen molar-refractivity contribution in [2.75, 3.05) is 0 Å². The number of hydrogen-bond acceptors (Lipinski definition) is 3. The lowest BCUT2D eigenvalue weighted by atomic mass is 10.2. The van der Waals surface area contributed by atoms with Crippen LogP contribution in [-0.4, -0.2) is 14.0 Å². The van der Waals surface area contributed by atoms with Gasteiger partial charge in [-0.25, -0.2) is 13.1 Å². The van der Waals surface area contributed by atoms with Crippen molar-refractivity contribution < 1.29 is 8.42 Å². The van der Waals surface area contributed by atoms with Crippen LogP contribution in [0.3, 0.4) is 0 Å². The van der Waals surface area contributed by atoms with E-state index < -0.39 is 10.0 Å². The Balaban J connectivity index is 2.30. The van der Waals surface area contributed by atoms with Crippen LogP contribution >= 0.6 is 11.6 Å². The van der Waals surface area contributed by atoms with Gasteiger partial charge in [0.15, 0.2) is 0 Å². The Hall–Kier alpha value is -0.620. The van der Waals surface area contributed by atoms with Crippen molar-refractivity contribution >= 4 is 21.6 Å². The first-order valence-corrected chi connectivity index (χ1v) is 7.25. The van der Waals surface area contributed by atoms with Crippen LogP contribution < -0.4 is 10.5 Å². The maximum atomic E-state index is 12.0. The Morgan fingerprint density at radius 2 is 2.12 bits per heavy atom. The number of sulfonamides is 1. The molecule has 3 N–H and O–H groups in total. The molecule has 4 nitrogen and oxygen atoms in total. The van der Waals surface area contributed by atoms with Crippen molar-refractivity contribution in [1.82, 2.24) is 4.72 Å². The van der Waals surface area contributed by atoms with E-state index in [0.29, 0.717) is 11.6 Å². The average Bonchev–Trinajstić information content (AvgIpc) is 2.94. The van der Waals surface area contributed by atoms with Gasteiger partial charge in [0, 0.05) is 17.1 Å². The van der Waals surface area contributed by atoms with Gasteiger partial charge < -0.3 is 5.73 Å². The minimum Gasteiger partial charge on any atom is -0.326 e. The van der Waals surface area contributed by atoms with Gasteiger partial charge in [-0.15, -0.1) is 0 Å². The van der Waals surface area contributed by atoms with Gasteiger partial charge in [-0.05, 0) is 37.5 Å². The molecule has 1 aromatic rings. The molecule has 0 aliphatic heterocycles. The van der Waals surface area contributed by atoms with Gasteiger partial charge in [-0.1, -0.05) is 17.7 Å². The van der Waals surface area contributed by atoms with Crippen molar-refractivity contribution in [3.8, 4) is 0 Å². The third-order valence-corrected chi connectivity index (χ3v) is 4.92. The van der Waals surface area contributed by atoms with Gasteiger partial charge in [-0.3, -0.25) is 0 Å². The molecular formula is C11H15ClN2O2S. The third kappa shape index (κ3) is 2.80. The maximum absolute atomic E-state index is 12.0. The Labute approximate surface area is 106 Å². The fourth-order valence-electron chi connectivity index (χ4n) is 1.53. The molecule has 0 atom stereocenters. The van der Waals surface area contributed by atoms with Crippen LogP contribution in [0, 0.1) is 0 Å². The van der Waals surface area contributed by atoms with E-state index in [0.717, 1.165) is 18.4 Å². The molecule has 1 aromatic carbocycles. The predicted octanol–water partition coefficient (Wildman–Crippen LogP) is 1.63. The number of halogens is 1. The zero-order valence-electron chi connectivity index (χ0n) is 9.53. The summed E-state index contributed by atoms with van der Waals surface area (Å²) in [6.07, 6.45) is 1.75. The van der Waals surface area contributed by atoms with Crippen LogP contribution in [-0.2, 0) is 16.6 Å². The number of nitrogens with two attached hydrogens (primary N) is 1. The average molecular weight is 275 g/mol. The first-order valence-electron chi connectivity index (χ1n) is 5.39. The van der Waals surface area contributed by atoms with E-state index in [1.165, 1.54) is 12.1 Å². The highest BCUT2D eigenvalue weighted by Crippen LogP contribution is 2.36. The molecule has 6 heteroatoms. The second-order valence-corrected chi connectivity index (χ2v) is 6.71. The van der Waals surface area contributed by atoms with Crippen molar-refractivity contribution in [3.05, 3.63) is 28.8 Å². The van der Waals surface area contributed by atoms with E-state index >= 15 is 0 Å². The van der Waals surface area contributed by atoms with Crippen LogP contribution in [0.4, 0.5) is 0 Å². The summed E-state index contributed by atoms with van der Waals surface area (Å²) in [6, 6.07) is 4.62. The van der Waals surface area contributed by atoms with Crippen LogP contribution in [0.15, 0.2) is 23.1 Å². The highest BCUT2D eigenvalue weighted by Gasteiger charge is 2.41. The van der Waals surface area contributed by atoms with Gasteiger partial charge in [0.1, 0.15) is 0 Å². The molecule has 2 rings (SSSR count). The summed E-state index contributed by atoms with van der Waals surface area (Å²) in [6.45, 7) is 2.19. The molecule has 0 radical (unpaired) electrons. The quantitative estimate of drug-likeness (QED) is 0.877. The molecule has 1 saturated carbocycles. The molecule has 17 heavy (non-hydrogen) atoms. The van der Waals surface area contributed by atoms with Crippen molar-refractivity contribution in [2.45, 2.75) is 36.7 Å². The monoisotopic (exact) mass is 274 g/mol. The van der Waals surface area contributed by atoms with Crippen molar-refractivity contribution in [2.24, 2.45) is 5.73 Å². The highest BCUT2D eigenvalue weighted by atomic mass is 35.5. The van der Waals surface area contributed by atoms with Crippen LogP contribution in [0.1, 0.15) is 25.3 Å². The molecule has 1 fully saturated rings. The minimum atomic E-state index is -3.48. The van der Waals surface area contributed by atoms with Gasteiger partial charge >= 0.3 is 0 Å². The van der Waals surface area contributed by atoms with E-state index in [4.69, 9.17) is 17.3 Å². The molecule has 1 aliphatic carbocycles. The first-order chi connectivity index (χ1) is 7.86. The molecule has 0 amide bonds. The van der Waals surface area contributed by atoms with Crippen LogP contribution in [0.5, 0.6) is 0 Å². The minimum absolute atomic E-state index is 0.188. The molecule has 94 valence electrons. The first kappa shape index (κ1) is 12.8. The lowest BCUT2D eigenvalue weighted by Crippen LogP contribution is -2.34. The smallest absolute Gasteiger partial charge is 0.241 e. The van der Waals surface area contributed by atoms with E-state index in [1.807, 2.05) is 6.92 Å². The molecule has 0 saturated heterocycles. The molecule has 0 unspecified atom stereocenters. The van der Waals surface area contributed by atoms with E-state index in [2.05, 4.69) is 4.72 Å². The summed E-state index contributed by atoms with van der Waals surface area (Å²) >= 11 is 5.95. The molecule has 0 spiro atoms. The lowest BCUT2D eigenvalue weighted by molar-refractivity contribution is 0.558. The van der Waals surface area contributed by atoms with E-state index in [-0.39, 0.29) is 10.4 Å². The van der Waals surface area contributed by atoms with Crippen molar-refractivity contribution in [3.63, 3.8) is 0 Å². The maximum Gasteiger partial charge on any atom is 0.241 e. The summed E-state index contributed by atoms with van der Waals surface area (Å²) in [7, 11) is -3.48. The van der Waals surface area contributed by atoms with Gasteiger partial charge in [0.25, 0.3) is 0 Å². The Kier molecular flexibility index (Phi) is 3.20. The second-order valence-electron chi connectivity index (χ2n) is 4.62. The highest BCUT2D eigenvalue weighted by molar-refractivity contribution is 7.89. The number of benzene rings is 1. The number of hydrogen-bond donors (Lipinski definition) is 2. The van der Waals surface area contributed by atoms with Crippen LogP contribution in [0.2, 0.25) is 5.02 Å². The summed E-state index contributed by atoms with van der Waals surface area (Å²) in [5, 5.41) is 0.385. The number of nitrogens with one attached hydrogen (secondary N) is 1. The normalized spacial score (nSPS) is 18.1. The fraction of sp³-hybridized carbons (Fsp3) is 0.455. The second kappa shape index (κ2) is 4.24. The predicted molar refractivity (Wildman–Crippen MR) is 67.3 cm³/mol. The standard InChI is InChI=1S/C11H15ClN2O2S/c1-11(4-5-11)14-17(15,16)9-3-2-8(7-13)10(12)6-9/h2-3,6,14H,4-5,7,13H2,1H3. The Morgan fingerprint density at radius 1 is 1.47 bits per heavy atom. The molecular weight excluding hydrogens is 260 g/mol. The molecule has 0 aromatic heterocycles. The number of rotatable bonds is 4. The molecule has 0 bridgehead atoms. The van der Waals surface area contributed by atoms with E-state index in [9.17, 15) is 8.42 Å². The fourth-order valence-corrected chi connectivity index (χ4v) is 3.35. The summed E-state index contributed by atoms with van der Waals surface area (Å²) < 4.78 is 26.7. The largest absolute Gasteiger partial charge is 0.326 e. The third-order valence-electron chi connectivity index (χ3n) is 2.94. The van der Waals surface area contributed by atoms with Gasteiger partial charge in [-0.2, -0.15) is 0 Å². The Morgan fingerprint density at radius 3 is 2.59 bits per heavy atom. The molecule has 0 heterocycles. The summed E-state index contributed by atoms with van der Waals surface area (Å²) in [4.78, 5) is 0.188. The van der Waals surface area contributed by atoms with Gasteiger partial charge in [0.2, 0.25) is 10.0 Å². The lowest BCUT2D eigenvalue weighted by Gasteiger charge is -2.13. The zero-order chi connectivity index (χ0) is 12.7. The van der Waals surface area contributed by atoms with Gasteiger partial charge in [0.05, 0.1) is 4.90 Å². The summed E-state index contributed by atoms with van der Waals surface area (Å²) in [5.41, 5.74) is 5.93. The zero-order valence-corrected chi connectivity index (χ0v) is 11.1. The van der Waals surface area contributed by atoms with Crippen LogP contribution in [0.25, 0.3) is 0 Å². The summed E-state index contributed by atoms with van der Waals surface area (Å²) in [5.74, 6) is 0. The van der Waals surface area contributed by atoms with E-state index in [1.54, 1.807) is 6.07 Å². The molecule has 1 aliphatic rings. The topological polar surface area (TPSA) is 72.2 Å².